The molecule has 1 aromatic heterocycles. The number of methoxy groups -OCH3 is 1. The van der Waals surface area contributed by atoms with Crippen LogP contribution in [-0.2, 0) is 0 Å². The van der Waals surface area contributed by atoms with E-state index in [1.54, 1.807) is 13.3 Å². The predicted molar refractivity (Wildman–Crippen MR) is 73.7 cm³/mol. The maximum Gasteiger partial charge on any atom is 0.482 e. The van der Waals surface area contributed by atoms with Gasteiger partial charge in [-0.3, -0.25) is 4.98 Å². The summed E-state index contributed by atoms with van der Waals surface area (Å²) in [7, 11) is 1.67. The third-order valence-electron chi connectivity index (χ3n) is 2.06. The van der Waals surface area contributed by atoms with Gasteiger partial charge in [-0.25, -0.2) is 0 Å². The van der Waals surface area contributed by atoms with Crippen LogP contribution in [0.2, 0.25) is 0 Å². The van der Waals surface area contributed by atoms with Gasteiger partial charge in [0.2, 0.25) is 0 Å². The molecule has 0 aliphatic rings. The van der Waals surface area contributed by atoms with Gasteiger partial charge in [0.1, 0.15) is 5.75 Å². The summed E-state index contributed by atoms with van der Waals surface area (Å²) >= 11 is 0. The third-order valence-corrected chi connectivity index (χ3v) is 2.06. The molecule has 0 fully saturated rings. The van der Waals surface area contributed by atoms with Crippen molar-refractivity contribution in [2.24, 2.45) is 0 Å². The standard InChI is InChI=1S/C12H11NO.BH2O2.ClH/c1-14-12-6-2-4-10(8-12)11-5-3-7-13-9-11;2-1-3;/h2-9H,1H3;2-3H;1H. The Balaban J connectivity index is 0.000000660. The van der Waals surface area contributed by atoms with Gasteiger partial charge in [0, 0.05) is 18.0 Å². The van der Waals surface area contributed by atoms with Gasteiger partial charge < -0.3 is 14.8 Å². The second kappa shape index (κ2) is 9.47. The number of pyridine rings is 1. The van der Waals surface area contributed by atoms with Gasteiger partial charge in [-0.2, -0.15) is 0 Å². The minimum absolute atomic E-state index is 0. The second-order valence-electron chi connectivity index (χ2n) is 3.09. The van der Waals surface area contributed by atoms with Gasteiger partial charge in [-0.15, -0.1) is 12.4 Å². The topological polar surface area (TPSA) is 62.6 Å². The van der Waals surface area contributed by atoms with E-state index in [9.17, 15) is 0 Å². The summed E-state index contributed by atoms with van der Waals surface area (Å²) in [5.74, 6) is 0.867. The first-order valence-corrected chi connectivity index (χ1v) is 4.96. The molecule has 0 saturated heterocycles. The quantitative estimate of drug-likeness (QED) is 0.812. The molecule has 2 aromatic rings. The fourth-order valence-electron chi connectivity index (χ4n) is 1.34. The molecule has 1 radical (unpaired) electrons. The summed E-state index contributed by atoms with van der Waals surface area (Å²) in [5.41, 5.74) is 2.23. The van der Waals surface area contributed by atoms with Crippen molar-refractivity contribution in [3.63, 3.8) is 0 Å². The van der Waals surface area contributed by atoms with Crippen LogP contribution in [0.15, 0.2) is 48.8 Å². The lowest BCUT2D eigenvalue weighted by Gasteiger charge is -2.03. The van der Waals surface area contributed by atoms with E-state index in [-0.39, 0.29) is 20.1 Å². The first kappa shape index (κ1) is 16.4. The normalized spacial score (nSPS) is 8.39. The van der Waals surface area contributed by atoms with Crippen molar-refractivity contribution in [1.29, 1.82) is 0 Å². The molecule has 2 N–H and O–H groups in total. The van der Waals surface area contributed by atoms with E-state index >= 15 is 0 Å². The Kier molecular flexibility index (Phi) is 8.65. The number of ether oxygens (including phenoxy) is 1. The van der Waals surface area contributed by atoms with Gasteiger partial charge in [0.15, 0.2) is 0 Å². The number of benzene rings is 1. The van der Waals surface area contributed by atoms with Gasteiger partial charge in [-0.05, 0) is 23.8 Å². The average Bonchev–Trinajstić information content (AvgIpc) is 2.41. The highest BCUT2D eigenvalue weighted by molar-refractivity contribution is 6.13. The van der Waals surface area contributed by atoms with E-state index in [2.05, 4.69) is 4.98 Å². The van der Waals surface area contributed by atoms with E-state index in [1.165, 1.54) is 0 Å². The molecular formula is C12H14BClNO3. The third kappa shape index (κ3) is 5.18. The molecule has 6 heteroatoms. The number of aromatic nitrogens is 1. The number of hydrogen-bond acceptors (Lipinski definition) is 4. The molecule has 4 nitrogen and oxygen atoms in total. The highest BCUT2D eigenvalue weighted by Gasteiger charge is 1.97. The molecule has 0 aliphatic carbocycles. The van der Waals surface area contributed by atoms with E-state index in [0.717, 1.165) is 16.9 Å². The highest BCUT2D eigenvalue weighted by Crippen LogP contribution is 2.22. The molecule has 95 valence electrons. The van der Waals surface area contributed by atoms with Crippen molar-refractivity contribution >= 4 is 20.1 Å². The Hall–Kier alpha value is -1.56. The molecule has 0 spiro atoms. The van der Waals surface area contributed by atoms with Crippen LogP contribution in [0.3, 0.4) is 0 Å². The summed E-state index contributed by atoms with van der Waals surface area (Å²) < 4.78 is 5.16. The van der Waals surface area contributed by atoms with E-state index in [1.807, 2.05) is 42.6 Å². The SMILES string of the molecule is COc1cccc(-c2cccnc2)c1.Cl.O[B]O. The fourth-order valence-corrected chi connectivity index (χ4v) is 1.34. The van der Waals surface area contributed by atoms with Crippen molar-refractivity contribution in [1.82, 2.24) is 4.98 Å². The van der Waals surface area contributed by atoms with Crippen LogP contribution in [0.1, 0.15) is 0 Å². The molecule has 0 unspecified atom stereocenters. The van der Waals surface area contributed by atoms with Gasteiger partial charge >= 0.3 is 7.69 Å². The second-order valence-corrected chi connectivity index (χ2v) is 3.09. The Bertz CT molecular complexity index is 442. The maximum atomic E-state index is 7.00. The van der Waals surface area contributed by atoms with Gasteiger partial charge in [0.05, 0.1) is 7.11 Å². The molecule has 0 saturated carbocycles. The molecule has 1 heterocycles. The molecule has 0 atom stereocenters. The maximum absolute atomic E-state index is 7.00. The summed E-state index contributed by atoms with van der Waals surface area (Å²) in [6.07, 6.45) is 3.61. The van der Waals surface area contributed by atoms with Crippen LogP contribution in [0.5, 0.6) is 5.75 Å². The summed E-state index contributed by atoms with van der Waals surface area (Å²) in [6.45, 7) is 0. The minimum atomic E-state index is 0. The van der Waals surface area contributed by atoms with Crippen molar-refractivity contribution in [3.05, 3.63) is 48.8 Å². The Morgan fingerprint density at radius 1 is 1.11 bits per heavy atom. The lowest BCUT2D eigenvalue weighted by Crippen LogP contribution is -1.83. The van der Waals surface area contributed by atoms with Crippen LogP contribution in [-0.4, -0.2) is 29.8 Å². The first-order chi connectivity index (χ1) is 8.31. The average molecular weight is 267 g/mol. The minimum Gasteiger partial charge on any atom is -0.497 e. The molecule has 18 heavy (non-hydrogen) atoms. The van der Waals surface area contributed by atoms with Crippen LogP contribution < -0.4 is 4.74 Å². The van der Waals surface area contributed by atoms with Crippen molar-refractivity contribution in [2.75, 3.05) is 7.11 Å². The fraction of sp³-hybridized carbons (Fsp3) is 0.0833. The summed E-state index contributed by atoms with van der Waals surface area (Å²) in [5, 5.41) is 14.0. The molecular weight excluding hydrogens is 252 g/mol. The van der Waals surface area contributed by atoms with Gasteiger partial charge in [-0.1, -0.05) is 18.2 Å². The summed E-state index contributed by atoms with van der Waals surface area (Å²) in [4.78, 5) is 4.08. The summed E-state index contributed by atoms with van der Waals surface area (Å²) in [6, 6.07) is 11.9. The van der Waals surface area contributed by atoms with Gasteiger partial charge in [0.25, 0.3) is 0 Å². The van der Waals surface area contributed by atoms with E-state index in [0.29, 0.717) is 0 Å². The number of nitrogens with zero attached hydrogens (tertiary/aromatic N) is 1. The predicted octanol–water partition coefficient (Wildman–Crippen LogP) is 1.68. The number of hydrogen-bond donors (Lipinski definition) is 2. The Morgan fingerprint density at radius 2 is 1.78 bits per heavy atom. The highest BCUT2D eigenvalue weighted by atomic mass is 35.5. The molecule has 1 aromatic carbocycles. The van der Waals surface area contributed by atoms with Crippen LogP contribution in [0, 0.1) is 0 Å². The smallest absolute Gasteiger partial charge is 0.482 e. The molecule has 0 amide bonds. The van der Waals surface area contributed by atoms with E-state index < -0.39 is 0 Å². The van der Waals surface area contributed by atoms with Crippen molar-refractivity contribution in [3.8, 4) is 16.9 Å². The molecule has 2 rings (SSSR count). The molecule has 0 aliphatic heterocycles. The Labute approximate surface area is 113 Å². The lowest BCUT2D eigenvalue weighted by atomic mass is 10.1. The zero-order valence-electron chi connectivity index (χ0n) is 9.85. The van der Waals surface area contributed by atoms with E-state index in [4.69, 9.17) is 14.8 Å². The zero-order valence-corrected chi connectivity index (χ0v) is 10.7. The monoisotopic (exact) mass is 266 g/mol. The molecule has 0 bridgehead atoms. The van der Waals surface area contributed by atoms with Crippen LogP contribution >= 0.6 is 12.4 Å². The lowest BCUT2D eigenvalue weighted by molar-refractivity contribution is 0.415. The first-order valence-electron chi connectivity index (χ1n) is 4.96. The zero-order chi connectivity index (χ0) is 12.5. The number of rotatable bonds is 2. The Morgan fingerprint density at radius 3 is 2.33 bits per heavy atom. The van der Waals surface area contributed by atoms with Crippen LogP contribution in [0.25, 0.3) is 11.1 Å². The van der Waals surface area contributed by atoms with Crippen LogP contribution in [0.4, 0.5) is 0 Å². The number of halogens is 1. The largest absolute Gasteiger partial charge is 0.497 e. The van der Waals surface area contributed by atoms with Crippen molar-refractivity contribution < 1.29 is 14.8 Å². The van der Waals surface area contributed by atoms with Crippen molar-refractivity contribution in [2.45, 2.75) is 0 Å².